The van der Waals surface area contributed by atoms with E-state index in [9.17, 15) is 18.0 Å². The van der Waals surface area contributed by atoms with Gasteiger partial charge in [-0.25, -0.2) is 4.98 Å². The molecule has 0 fully saturated rings. The summed E-state index contributed by atoms with van der Waals surface area (Å²) in [6.45, 7) is 3.75. The van der Waals surface area contributed by atoms with Crippen LogP contribution in [0.15, 0.2) is 59.6 Å². The molecule has 7 heteroatoms. The largest absolute Gasteiger partial charge is 0.416 e. The Labute approximate surface area is 171 Å². The Morgan fingerprint density at radius 3 is 2.53 bits per heavy atom. The van der Waals surface area contributed by atoms with E-state index in [-0.39, 0.29) is 5.91 Å². The molecular formula is C23H18F3N3O. The van der Waals surface area contributed by atoms with Crippen LogP contribution in [0.4, 0.5) is 24.7 Å². The number of para-hydroxylation sites is 1. The molecule has 2 aromatic carbocycles. The molecule has 0 radical (unpaired) electrons. The fourth-order valence-electron chi connectivity index (χ4n) is 3.53. The fourth-order valence-corrected chi connectivity index (χ4v) is 3.53. The highest BCUT2D eigenvalue weighted by molar-refractivity contribution is 6.13. The molecule has 0 unspecified atom stereocenters. The Morgan fingerprint density at radius 2 is 1.80 bits per heavy atom. The second-order valence-corrected chi connectivity index (χ2v) is 7.25. The predicted molar refractivity (Wildman–Crippen MR) is 109 cm³/mol. The first-order valence-electron chi connectivity index (χ1n) is 9.34. The Balaban J connectivity index is 1.66. The van der Waals surface area contributed by atoms with Crippen LogP contribution in [0.1, 0.15) is 38.3 Å². The van der Waals surface area contributed by atoms with E-state index in [4.69, 9.17) is 0 Å². The Morgan fingerprint density at radius 1 is 1.03 bits per heavy atom. The Bertz CT molecular complexity index is 1160. The molecule has 0 bridgehead atoms. The Kier molecular flexibility index (Phi) is 4.89. The predicted octanol–water partition coefficient (Wildman–Crippen LogP) is 5.65. The third kappa shape index (κ3) is 3.96. The maximum Gasteiger partial charge on any atom is 0.416 e. The monoisotopic (exact) mass is 409 g/mol. The minimum absolute atomic E-state index is 0.357. The van der Waals surface area contributed by atoms with Crippen molar-refractivity contribution in [1.29, 1.82) is 0 Å². The fraction of sp³-hybridized carbons (Fsp3) is 0.174. The van der Waals surface area contributed by atoms with Gasteiger partial charge in [0.1, 0.15) is 5.82 Å². The number of nitrogens with zero attached hydrogens (tertiary/aromatic N) is 2. The van der Waals surface area contributed by atoms with Crippen molar-refractivity contribution in [2.45, 2.75) is 26.4 Å². The molecule has 0 atom stereocenters. The van der Waals surface area contributed by atoms with Crippen LogP contribution in [0.25, 0.3) is 0 Å². The number of halogens is 3. The van der Waals surface area contributed by atoms with Crippen molar-refractivity contribution in [1.82, 2.24) is 4.98 Å². The first kappa shape index (κ1) is 19.8. The molecule has 4 rings (SSSR count). The standard InChI is InChI=1S/C23H18F3N3O/c1-13-9-14(2)27-20(10-13)29-22(30)18-8-4-6-16-12-19(28-21(16)18)15-5-3-7-17(11-15)23(24,25)26/h3-11H,12H2,1-2H3,(H,27,29,30). The van der Waals surface area contributed by atoms with Gasteiger partial charge < -0.3 is 5.32 Å². The van der Waals surface area contributed by atoms with E-state index in [0.29, 0.717) is 34.8 Å². The number of carbonyl (C=O) groups is 1. The number of fused-ring (bicyclic) bond motifs is 1. The number of aromatic nitrogens is 1. The SMILES string of the molecule is Cc1cc(C)nc(NC(=O)c2cccc3c2N=C(c2cccc(C(F)(F)F)c2)C3)c1. The number of nitrogens with one attached hydrogen (secondary N) is 1. The highest BCUT2D eigenvalue weighted by Crippen LogP contribution is 2.35. The minimum Gasteiger partial charge on any atom is -0.306 e. The van der Waals surface area contributed by atoms with Gasteiger partial charge in [0.2, 0.25) is 0 Å². The lowest BCUT2D eigenvalue weighted by Gasteiger charge is -2.09. The maximum atomic E-state index is 13.1. The van der Waals surface area contributed by atoms with Gasteiger partial charge in [-0.3, -0.25) is 9.79 Å². The number of alkyl halides is 3. The van der Waals surface area contributed by atoms with Gasteiger partial charge in [-0.15, -0.1) is 0 Å². The first-order valence-corrected chi connectivity index (χ1v) is 9.34. The molecule has 4 nitrogen and oxygen atoms in total. The quantitative estimate of drug-likeness (QED) is 0.608. The van der Waals surface area contributed by atoms with Crippen LogP contribution in [0.3, 0.4) is 0 Å². The van der Waals surface area contributed by atoms with E-state index < -0.39 is 11.7 Å². The Hall–Kier alpha value is -3.48. The summed E-state index contributed by atoms with van der Waals surface area (Å²) in [4.78, 5) is 21.7. The third-order valence-electron chi connectivity index (χ3n) is 4.83. The summed E-state index contributed by atoms with van der Waals surface area (Å²) < 4.78 is 39.2. The smallest absolute Gasteiger partial charge is 0.306 e. The lowest BCUT2D eigenvalue weighted by Crippen LogP contribution is -2.13. The van der Waals surface area contributed by atoms with Crippen LogP contribution in [0.2, 0.25) is 0 Å². The number of aliphatic imine (C=N–C) groups is 1. The zero-order chi connectivity index (χ0) is 21.5. The molecule has 1 aromatic heterocycles. The van der Waals surface area contributed by atoms with Crippen LogP contribution in [-0.4, -0.2) is 16.6 Å². The number of hydrogen-bond acceptors (Lipinski definition) is 3. The van der Waals surface area contributed by atoms with Crippen molar-refractivity contribution in [2.75, 3.05) is 5.32 Å². The normalized spacial score (nSPS) is 13.0. The molecule has 0 saturated heterocycles. The van der Waals surface area contributed by atoms with Crippen LogP contribution >= 0.6 is 0 Å². The highest BCUT2D eigenvalue weighted by Gasteiger charge is 2.31. The van der Waals surface area contributed by atoms with Gasteiger partial charge in [0, 0.05) is 12.1 Å². The summed E-state index contributed by atoms with van der Waals surface area (Å²) in [5, 5.41) is 2.79. The first-order chi connectivity index (χ1) is 14.2. The number of aryl methyl sites for hydroxylation is 2. The molecule has 0 saturated carbocycles. The van der Waals surface area contributed by atoms with Crippen LogP contribution < -0.4 is 5.32 Å². The molecule has 0 aliphatic carbocycles. The second kappa shape index (κ2) is 7.40. The van der Waals surface area contributed by atoms with Gasteiger partial charge in [-0.05, 0) is 60.9 Å². The van der Waals surface area contributed by atoms with Crippen molar-refractivity contribution in [3.8, 4) is 0 Å². The van der Waals surface area contributed by atoms with E-state index in [1.54, 1.807) is 24.3 Å². The van der Waals surface area contributed by atoms with E-state index >= 15 is 0 Å². The van der Waals surface area contributed by atoms with Crippen molar-refractivity contribution in [3.63, 3.8) is 0 Å². The number of benzene rings is 2. The van der Waals surface area contributed by atoms with E-state index in [0.717, 1.165) is 29.0 Å². The van der Waals surface area contributed by atoms with Crippen molar-refractivity contribution < 1.29 is 18.0 Å². The molecule has 1 aliphatic heterocycles. The molecular weight excluding hydrogens is 391 g/mol. The average Bonchev–Trinajstić information content (AvgIpc) is 3.11. The second-order valence-electron chi connectivity index (χ2n) is 7.25. The third-order valence-corrected chi connectivity index (χ3v) is 4.83. The van der Waals surface area contributed by atoms with Crippen molar-refractivity contribution in [3.05, 3.63) is 88.1 Å². The molecule has 1 aliphatic rings. The molecule has 0 spiro atoms. The van der Waals surface area contributed by atoms with Gasteiger partial charge >= 0.3 is 6.18 Å². The summed E-state index contributed by atoms with van der Waals surface area (Å²) in [6.07, 6.45) is -4.06. The summed E-state index contributed by atoms with van der Waals surface area (Å²) in [7, 11) is 0. The molecule has 152 valence electrons. The van der Waals surface area contributed by atoms with Gasteiger partial charge in [0.25, 0.3) is 5.91 Å². The number of rotatable bonds is 3. The lowest BCUT2D eigenvalue weighted by molar-refractivity contribution is -0.137. The molecule has 1 amide bonds. The van der Waals surface area contributed by atoms with Crippen LogP contribution in [0.5, 0.6) is 0 Å². The van der Waals surface area contributed by atoms with Crippen LogP contribution in [-0.2, 0) is 12.6 Å². The molecule has 3 aromatic rings. The number of pyridine rings is 1. The van der Waals surface area contributed by atoms with Gasteiger partial charge in [-0.2, -0.15) is 13.2 Å². The van der Waals surface area contributed by atoms with E-state index in [2.05, 4.69) is 15.3 Å². The number of amides is 1. The zero-order valence-corrected chi connectivity index (χ0v) is 16.3. The zero-order valence-electron chi connectivity index (χ0n) is 16.3. The summed E-state index contributed by atoms with van der Waals surface area (Å²) in [5.74, 6) is 0.0774. The molecule has 2 heterocycles. The number of hydrogen-bond donors (Lipinski definition) is 1. The van der Waals surface area contributed by atoms with Crippen molar-refractivity contribution in [2.24, 2.45) is 4.99 Å². The average molecular weight is 409 g/mol. The minimum atomic E-state index is -4.42. The molecule has 30 heavy (non-hydrogen) atoms. The van der Waals surface area contributed by atoms with Gasteiger partial charge in [0.05, 0.1) is 22.5 Å². The summed E-state index contributed by atoms with van der Waals surface area (Å²) in [6, 6.07) is 14.0. The van der Waals surface area contributed by atoms with Gasteiger partial charge in [0.15, 0.2) is 0 Å². The molecule has 1 N–H and O–H groups in total. The summed E-state index contributed by atoms with van der Waals surface area (Å²) in [5.41, 5.74) is 3.56. The lowest BCUT2D eigenvalue weighted by atomic mass is 10.0. The topological polar surface area (TPSA) is 54.4 Å². The van der Waals surface area contributed by atoms with Gasteiger partial charge in [-0.1, -0.05) is 24.3 Å². The van der Waals surface area contributed by atoms with E-state index in [1.807, 2.05) is 26.0 Å². The number of anilines is 1. The van der Waals surface area contributed by atoms with Crippen LogP contribution in [0, 0.1) is 13.8 Å². The summed E-state index contributed by atoms with van der Waals surface area (Å²) >= 11 is 0. The highest BCUT2D eigenvalue weighted by atomic mass is 19.4. The van der Waals surface area contributed by atoms with E-state index in [1.165, 1.54) is 6.07 Å². The maximum absolute atomic E-state index is 13.1. The number of carbonyl (C=O) groups excluding carboxylic acids is 1. The van der Waals surface area contributed by atoms with Crippen molar-refractivity contribution >= 4 is 23.1 Å².